The van der Waals surface area contributed by atoms with E-state index < -0.39 is 17.8 Å². The van der Waals surface area contributed by atoms with Gasteiger partial charge in [0.25, 0.3) is 0 Å². The Morgan fingerprint density at radius 3 is 1.16 bits per heavy atom. The van der Waals surface area contributed by atoms with Gasteiger partial charge in [0, 0.05) is 45.7 Å². The zero-order valence-electron chi connectivity index (χ0n) is 17.0. The van der Waals surface area contributed by atoms with Gasteiger partial charge in [-0.05, 0) is 54.5 Å². The molecule has 0 bridgehead atoms. The van der Waals surface area contributed by atoms with Crippen molar-refractivity contribution in [3.05, 3.63) is 0 Å². The number of nitrogens with two attached hydrogens (primary N) is 2. The van der Waals surface area contributed by atoms with Gasteiger partial charge >= 0.3 is 17.8 Å². The summed E-state index contributed by atoms with van der Waals surface area (Å²) in [6.07, 6.45) is 0.895. The van der Waals surface area contributed by atoms with Gasteiger partial charge in [0.1, 0.15) is 0 Å². The van der Waals surface area contributed by atoms with Gasteiger partial charge in [-0.1, -0.05) is 0 Å². The smallest absolute Gasteiger partial charge is 0.374 e. The van der Waals surface area contributed by atoms with Crippen LogP contribution in [0.4, 0.5) is 0 Å². The van der Waals surface area contributed by atoms with Crippen molar-refractivity contribution in [2.45, 2.75) is 54.0 Å². The summed E-state index contributed by atoms with van der Waals surface area (Å²) in [4.78, 5) is 0. The standard InChI is InChI=1S/C9H23NO3Si.C6H17NO3Si/c1-4-11-14(12-5-2,13-6-3)9-7-8-10;1-4-8-11(7,9-5-2)10-6-3/h4-10H2,1-3H3;4-7H2,1-3H3. The first-order valence-corrected chi connectivity index (χ1v) is 13.0. The van der Waals surface area contributed by atoms with Crippen molar-refractivity contribution in [3.63, 3.8) is 0 Å². The Balaban J connectivity index is 0. The zero-order chi connectivity index (χ0) is 19.6. The SMILES string of the molecule is CCO[Si](CCCN)(OCC)OCC.CCO[Si](N)(OCC)OCC. The summed E-state index contributed by atoms with van der Waals surface area (Å²) in [5, 5.41) is 5.70. The summed E-state index contributed by atoms with van der Waals surface area (Å²) < 4.78 is 32.5. The molecule has 0 saturated carbocycles. The molecule has 0 saturated heterocycles. The minimum Gasteiger partial charge on any atom is -0.374 e. The third-order valence-electron chi connectivity index (χ3n) is 2.82. The van der Waals surface area contributed by atoms with Crippen LogP contribution >= 0.6 is 0 Å². The molecule has 0 radical (unpaired) electrons. The van der Waals surface area contributed by atoms with Crippen LogP contribution < -0.4 is 11.1 Å². The van der Waals surface area contributed by atoms with Crippen LogP contribution in [0.5, 0.6) is 0 Å². The molecule has 0 spiro atoms. The predicted octanol–water partition coefficient (Wildman–Crippen LogP) is 1.87. The fraction of sp³-hybridized carbons (Fsp3) is 1.00. The first kappa shape index (κ1) is 27.3. The average molecular weight is 401 g/mol. The van der Waals surface area contributed by atoms with Crippen molar-refractivity contribution in [2.24, 2.45) is 11.1 Å². The predicted molar refractivity (Wildman–Crippen MR) is 104 cm³/mol. The molecule has 0 atom stereocenters. The molecule has 0 aromatic rings. The highest BCUT2D eigenvalue weighted by Crippen LogP contribution is 2.17. The van der Waals surface area contributed by atoms with Gasteiger partial charge < -0.3 is 32.3 Å². The number of hydrogen-bond donors (Lipinski definition) is 2. The number of rotatable bonds is 15. The second kappa shape index (κ2) is 17.5. The van der Waals surface area contributed by atoms with Crippen LogP contribution in [0.15, 0.2) is 0 Å². The Hall–Kier alpha value is 0.114. The first-order chi connectivity index (χ1) is 11.9. The van der Waals surface area contributed by atoms with E-state index in [0.29, 0.717) is 46.2 Å². The van der Waals surface area contributed by atoms with E-state index in [9.17, 15) is 0 Å². The zero-order valence-corrected chi connectivity index (χ0v) is 19.0. The van der Waals surface area contributed by atoms with Gasteiger partial charge in [-0.15, -0.1) is 0 Å². The lowest BCUT2D eigenvalue weighted by Crippen LogP contribution is -2.55. The van der Waals surface area contributed by atoms with E-state index >= 15 is 0 Å². The lowest BCUT2D eigenvalue weighted by Gasteiger charge is -2.28. The van der Waals surface area contributed by atoms with Crippen molar-refractivity contribution in [1.29, 1.82) is 0 Å². The van der Waals surface area contributed by atoms with Crippen LogP contribution in [0.2, 0.25) is 6.04 Å². The van der Waals surface area contributed by atoms with Crippen LogP contribution in [-0.2, 0) is 26.6 Å². The summed E-state index contributed by atoms with van der Waals surface area (Å²) in [6, 6.07) is 0.818. The lowest BCUT2D eigenvalue weighted by molar-refractivity contribution is 0.0706. The van der Waals surface area contributed by atoms with Crippen LogP contribution in [0.3, 0.4) is 0 Å². The fourth-order valence-electron chi connectivity index (χ4n) is 2.05. The van der Waals surface area contributed by atoms with Crippen molar-refractivity contribution in [2.75, 3.05) is 46.2 Å². The van der Waals surface area contributed by atoms with Gasteiger partial charge in [0.15, 0.2) is 0 Å². The molecule has 0 aliphatic carbocycles. The molecular formula is C15H40N2O6Si2. The molecule has 0 rings (SSSR count). The van der Waals surface area contributed by atoms with Gasteiger partial charge in [0.05, 0.1) is 0 Å². The summed E-state index contributed by atoms with van der Waals surface area (Å²) in [6.45, 7) is 15.6. The fourth-order valence-corrected chi connectivity index (χ4v) is 6.15. The molecule has 0 fully saturated rings. The minimum atomic E-state index is -2.75. The average Bonchev–Trinajstić information content (AvgIpc) is 2.55. The van der Waals surface area contributed by atoms with E-state index in [-0.39, 0.29) is 0 Å². The quantitative estimate of drug-likeness (QED) is 0.401. The molecule has 0 heterocycles. The maximum atomic E-state index is 5.70. The second-order valence-electron chi connectivity index (χ2n) is 4.78. The van der Waals surface area contributed by atoms with Crippen molar-refractivity contribution in [3.8, 4) is 0 Å². The first-order valence-electron chi connectivity index (χ1n) is 9.25. The Morgan fingerprint density at radius 2 is 0.920 bits per heavy atom. The van der Waals surface area contributed by atoms with E-state index in [1.165, 1.54) is 0 Å². The topological polar surface area (TPSA) is 107 Å². The summed E-state index contributed by atoms with van der Waals surface area (Å²) in [7, 11) is -5.15. The maximum absolute atomic E-state index is 5.70. The Kier molecular flexibility index (Phi) is 19.2. The van der Waals surface area contributed by atoms with Crippen LogP contribution in [-0.4, -0.2) is 64.0 Å². The summed E-state index contributed by atoms with van der Waals surface area (Å²) in [5.41, 5.74) is 5.48. The third-order valence-corrected chi connectivity index (χ3v) is 8.04. The molecule has 0 aromatic heterocycles. The number of hydrogen-bond acceptors (Lipinski definition) is 8. The summed E-state index contributed by atoms with van der Waals surface area (Å²) in [5.74, 6) is 0. The molecule has 154 valence electrons. The molecule has 0 aliphatic heterocycles. The van der Waals surface area contributed by atoms with Crippen LogP contribution in [0.1, 0.15) is 48.0 Å². The van der Waals surface area contributed by atoms with E-state index in [1.807, 2.05) is 41.5 Å². The van der Waals surface area contributed by atoms with Gasteiger partial charge in [-0.3, -0.25) is 5.40 Å². The molecule has 25 heavy (non-hydrogen) atoms. The van der Waals surface area contributed by atoms with Gasteiger partial charge in [-0.25, -0.2) is 0 Å². The van der Waals surface area contributed by atoms with Crippen molar-refractivity contribution in [1.82, 2.24) is 0 Å². The van der Waals surface area contributed by atoms with Crippen LogP contribution in [0, 0.1) is 0 Å². The largest absolute Gasteiger partial charge is 0.594 e. The van der Waals surface area contributed by atoms with Gasteiger partial charge in [0.2, 0.25) is 0 Å². The molecular weight excluding hydrogens is 360 g/mol. The Labute approximate surface area is 156 Å². The van der Waals surface area contributed by atoms with Gasteiger partial charge in [-0.2, -0.15) is 0 Å². The van der Waals surface area contributed by atoms with E-state index in [4.69, 9.17) is 37.7 Å². The highest BCUT2D eigenvalue weighted by molar-refractivity contribution is 6.60. The second-order valence-corrected chi connectivity index (χ2v) is 9.58. The Bertz CT molecular complexity index is 257. The third kappa shape index (κ3) is 13.9. The minimum absolute atomic E-state index is 0.530. The molecule has 0 amide bonds. The monoisotopic (exact) mass is 400 g/mol. The maximum Gasteiger partial charge on any atom is 0.594 e. The van der Waals surface area contributed by atoms with Crippen molar-refractivity contribution < 1.29 is 26.6 Å². The molecule has 0 unspecified atom stereocenters. The molecule has 0 aromatic carbocycles. The highest BCUT2D eigenvalue weighted by Gasteiger charge is 2.39. The van der Waals surface area contributed by atoms with Crippen molar-refractivity contribution >= 4 is 17.8 Å². The van der Waals surface area contributed by atoms with Crippen LogP contribution in [0.25, 0.3) is 0 Å². The molecule has 4 N–H and O–H groups in total. The normalized spacial score (nSPS) is 12.0. The molecule has 8 nitrogen and oxygen atoms in total. The van der Waals surface area contributed by atoms with E-state index in [0.717, 1.165) is 12.5 Å². The highest BCUT2D eigenvalue weighted by atomic mass is 28.4. The summed E-state index contributed by atoms with van der Waals surface area (Å²) >= 11 is 0. The molecule has 0 aliphatic rings. The molecule has 10 heteroatoms. The van der Waals surface area contributed by atoms with E-state index in [1.54, 1.807) is 0 Å². The van der Waals surface area contributed by atoms with E-state index in [2.05, 4.69) is 0 Å². The Morgan fingerprint density at radius 1 is 0.600 bits per heavy atom. The lowest BCUT2D eigenvalue weighted by atomic mass is 10.5.